The summed E-state index contributed by atoms with van der Waals surface area (Å²) < 4.78 is 0. The number of carbonyl (C=O) groups is 1. The average molecular weight is 271 g/mol. The number of carbonyl (C=O) groups excluding carboxylic acids is 1. The molecule has 0 bridgehead atoms. The van der Waals surface area contributed by atoms with E-state index in [1.807, 2.05) is 0 Å². The highest BCUT2D eigenvalue weighted by atomic mass is 35.5. The number of hydrogen-bond donors (Lipinski definition) is 3. The molecule has 1 aromatic rings. The first-order valence-corrected chi connectivity index (χ1v) is 6.47. The number of nitrogens with one attached hydrogen (secondary N) is 2. The second-order valence-corrected chi connectivity index (χ2v) is 4.41. The van der Waals surface area contributed by atoms with Crippen LogP contribution in [0.5, 0.6) is 0 Å². The van der Waals surface area contributed by atoms with Crippen molar-refractivity contribution in [2.75, 3.05) is 12.0 Å². The van der Waals surface area contributed by atoms with Crippen LogP contribution in [0.4, 0.5) is 5.82 Å². The van der Waals surface area contributed by atoms with E-state index in [-0.39, 0.29) is 11.1 Å². The van der Waals surface area contributed by atoms with Crippen molar-refractivity contribution >= 4 is 23.3 Å². The lowest BCUT2D eigenvalue weighted by atomic mass is 10.2. The van der Waals surface area contributed by atoms with Crippen molar-refractivity contribution in [2.45, 2.75) is 32.6 Å². The van der Waals surface area contributed by atoms with E-state index in [9.17, 15) is 4.79 Å². The van der Waals surface area contributed by atoms with Gasteiger partial charge >= 0.3 is 0 Å². The molecule has 18 heavy (non-hydrogen) atoms. The number of unbranched alkanes of at least 4 members (excludes halogenated alkanes) is 3. The molecule has 6 heteroatoms. The van der Waals surface area contributed by atoms with Crippen molar-refractivity contribution in [1.82, 2.24) is 10.3 Å². The summed E-state index contributed by atoms with van der Waals surface area (Å²) in [6.07, 6.45) is 4.49. The molecule has 0 saturated carbocycles. The Hall–Kier alpha value is -1.33. The van der Waals surface area contributed by atoms with Gasteiger partial charge in [-0.25, -0.2) is 10.8 Å². The molecule has 0 spiro atoms. The van der Waals surface area contributed by atoms with Gasteiger partial charge in [-0.3, -0.25) is 4.79 Å². The molecule has 0 aliphatic carbocycles. The minimum Gasteiger partial charge on any atom is -0.352 e. The zero-order chi connectivity index (χ0) is 13.4. The Morgan fingerprint density at radius 1 is 1.39 bits per heavy atom. The maximum atomic E-state index is 11.8. The van der Waals surface area contributed by atoms with Gasteiger partial charge in [0.15, 0.2) is 0 Å². The van der Waals surface area contributed by atoms with Crippen LogP contribution in [0.15, 0.2) is 12.1 Å². The quantitative estimate of drug-likeness (QED) is 0.307. The summed E-state index contributed by atoms with van der Waals surface area (Å²) >= 11 is 5.79. The molecule has 0 radical (unpaired) electrons. The van der Waals surface area contributed by atoms with E-state index >= 15 is 0 Å². The van der Waals surface area contributed by atoms with Crippen LogP contribution >= 0.6 is 11.6 Å². The molecule has 0 saturated heterocycles. The third-order valence-corrected chi connectivity index (χ3v) is 2.71. The summed E-state index contributed by atoms with van der Waals surface area (Å²) in [4.78, 5) is 15.7. The van der Waals surface area contributed by atoms with Crippen molar-refractivity contribution in [2.24, 2.45) is 5.84 Å². The van der Waals surface area contributed by atoms with E-state index in [0.717, 1.165) is 12.8 Å². The van der Waals surface area contributed by atoms with E-state index in [1.165, 1.54) is 18.9 Å². The third kappa shape index (κ3) is 4.89. The molecule has 0 unspecified atom stereocenters. The zero-order valence-electron chi connectivity index (χ0n) is 10.5. The predicted molar refractivity (Wildman–Crippen MR) is 73.5 cm³/mol. The van der Waals surface area contributed by atoms with Gasteiger partial charge in [0.2, 0.25) is 0 Å². The van der Waals surface area contributed by atoms with Crippen molar-refractivity contribution in [3.8, 4) is 0 Å². The van der Waals surface area contributed by atoms with Gasteiger partial charge in [0.1, 0.15) is 11.0 Å². The molecule has 4 N–H and O–H groups in total. The smallest absolute Gasteiger partial charge is 0.251 e. The van der Waals surface area contributed by atoms with Gasteiger partial charge < -0.3 is 10.7 Å². The Morgan fingerprint density at radius 2 is 2.17 bits per heavy atom. The monoisotopic (exact) mass is 270 g/mol. The van der Waals surface area contributed by atoms with E-state index in [2.05, 4.69) is 22.7 Å². The SMILES string of the molecule is CCCCCCNC(=O)c1cc(Cl)nc(NN)c1. The molecule has 0 aliphatic rings. The van der Waals surface area contributed by atoms with Crippen LogP contribution in [0.25, 0.3) is 0 Å². The molecule has 0 atom stereocenters. The largest absolute Gasteiger partial charge is 0.352 e. The Morgan fingerprint density at radius 3 is 2.83 bits per heavy atom. The van der Waals surface area contributed by atoms with Gasteiger partial charge in [0, 0.05) is 12.1 Å². The molecule has 1 heterocycles. The summed E-state index contributed by atoms with van der Waals surface area (Å²) in [7, 11) is 0. The third-order valence-electron chi connectivity index (χ3n) is 2.52. The Bertz CT molecular complexity index is 398. The number of nitrogens with zero attached hydrogens (tertiary/aromatic N) is 1. The van der Waals surface area contributed by atoms with E-state index < -0.39 is 0 Å². The molecule has 1 rings (SSSR count). The molecule has 100 valence electrons. The molecular formula is C12H19ClN4O. The van der Waals surface area contributed by atoms with Gasteiger partial charge in [0.05, 0.1) is 0 Å². The fourth-order valence-corrected chi connectivity index (χ4v) is 1.77. The van der Waals surface area contributed by atoms with Crippen molar-refractivity contribution < 1.29 is 4.79 Å². The van der Waals surface area contributed by atoms with Gasteiger partial charge in [-0.2, -0.15) is 0 Å². The highest BCUT2D eigenvalue weighted by molar-refractivity contribution is 6.29. The molecular weight excluding hydrogens is 252 g/mol. The van der Waals surface area contributed by atoms with Crippen molar-refractivity contribution in [1.29, 1.82) is 0 Å². The topological polar surface area (TPSA) is 80.0 Å². The Balaban J connectivity index is 2.48. The summed E-state index contributed by atoms with van der Waals surface area (Å²) in [6.45, 7) is 2.82. The first kappa shape index (κ1) is 14.7. The average Bonchev–Trinajstić information content (AvgIpc) is 2.37. The number of halogens is 1. The number of nitrogens with two attached hydrogens (primary N) is 1. The summed E-state index contributed by atoms with van der Waals surface area (Å²) in [5.41, 5.74) is 2.83. The molecule has 5 nitrogen and oxygen atoms in total. The number of pyridine rings is 1. The highest BCUT2D eigenvalue weighted by Gasteiger charge is 2.08. The van der Waals surface area contributed by atoms with E-state index in [1.54, 1.807) is 6.07 Å². The van der Waals surface area contributed by atoms with Gasteiger partial charge in [-0.1, -0.05) is 37.8 Å². The second kappa shape index (κ2) is 7.89. The van der Waals surface area contributed by atoms with Crippen LogP contribution in [0.1, 0.15) is 43.0 Å². The lowest BCUT2D eigenvalue weighted by Gasteiger charge is -2.07. The molecule has 1 aromatic heterocycles. The van der Waals surface area contributed by atoms with E-state index in [0.29, 0.717) is 17.9 Å². The fraction of sp³-hybridized carbons (Fsp3) is 0.500. The number of aromatic nitrogens is 1. The number of hydrogen-bond acceptors (Lipinski definition) is 4. The maximum Gasteiger partial charge on any atom is 0.251 e. The maximum absolute atomic E-state index is 11.8. The number of anilines is 1. The minimum absolute atomic E-state index is 0.160. The number of nitrogen functional groups attached to an aromatic ring is 1. The van der Waals surface area contributed by atoms with Gasteiger partial charge in [0.25, 0.3) is 5.91 Å². The van der Waals surface area contributed by atoms with Crippen LogP contribution in [0.2, 0.25) is 5.15 Å². The summed E-state index contributed by atoms with van der Waals surface area (Å²) in [5, 5.41) is 3.08. The number of amides is 1. The van der Waals surface area contributed by atoms with Crippen LogP contribution < -0.4 is 16.6 Å². The zero-order valence-corrected chi connectivity index (χ0v) is 11.3. The fourth-order valence-electron chi connectivity index (χ4n) is 1.56. The summed E-state index contributed by atoms with van der Waals surface area (Å²) in [5.74, 6) is 5.45. The second-order valence-electron chi connectivity index (χ2n) is 4.02. The normalized spacial score (nSPS) is 10.2. The van der Waals surface area contributed by atoms with Crippen LogP contribution in [0, 0.1) is 0 Å². The molecule has 0 aliphatic heterocycles. The van der Waals surface area contributed by atoms with Crippen LogP contribution in [-0.4, -0.2) is 17.4 Å². The lowest BCUT2D eigenvalue weighted by Crippen LogP contribution is -2.24. The highest BCUT2D eigenvalue weighted by Crippen LogP contribution is 2.13. The molecule has 1 amide bonds. The van der Waals surface area contributed by atoms with Crippen molar-refractivity contribution in [3.63, 3.8) is 0 Å². The lowest BCUT2D eigenvalue weighted by molar-refractivity contribution is 0.0953. The first-order valence-electron chi connectivity index (χ1n) is 6.09. The molecule has 0 fully saturated rings. The van der Waals surface area contributed by atoms with Crippen molar-refractivity contribution in [3.05, 3.63) is 22.8 Å². The minimum atomic E-state index is -0.160. The Labute approximate surface area is 112 Å². The number of rotatable bonds is 7. The van der Waals surface area contributed by atoms with Gasteiger partial charge in [-0.05, 0) is 18.6 Å². The van der Waals surface area contributed by atoms with Gasteiger partial charge in [-0.15, -0.1) is 0 Å². The first-order chi connectivity index (χ1) is 8.67. The molecule has 0 aromatic carbocycles. The van der Waals surface area contributed by atoms with Crippen LogP contribution in [0.3, 0.4) is 0 Å². The van der Waals surface area contributed by atoms with Crippen LogP contribution in [-0.2, 0) is 0 Å². The standard InChI is InChI=1S/C12H19ClN4O/c1-2-3-4-5-6-15-12(18)9-7-10(13)16-11(8-9)17-14/h7-8H,2-6,14H2,1H3,(H,15,18)(H,16,17). The summed E-state index contributed by atoms with van der Waals surface area (Å²) in [6, 6.07) is 3.08. The predicted octanol–water partition coefficient (Wildman–Crippen LogP) is 2.33. The number of hydrazine groups is 1. The van der Waals surface area contributed by atoms with E-state index in [4.69, 9.17) is 17.4 Å². The Kier molecular flexibility index (Phi) is 6.46.